The molecule has 0 spiro atoms. The Labute approximate surface area is 144 Å². The van der Waals surface area contributed by atoms with Crippen molar-refractivity contribution in [2.24, 2.45) is 5.92 Å². The summed E-state index contributed by atoms with van der Waals surface area (Å²) in [7, 11) is 0. The van der Waals surface area contributed by atoms with Gasteiger partial charge in [-0.3, -0.25) is 19.2 Å². The number of aryl methyl sites for hydroxylation is 1. The number of aliphatic carboxylic acids is 1. The third-order valence-corrected chi connectivity index (χ3v) is 4.92. The number of carboxylic acids is 1. The second kappa shape index (κ2) is 6.70. The van der Waals surface area contributed by atoms with Crippen molar-refractivity contribution in [3.63, 3.8) is 0 Å². The number of ketones is 1. The van der Waals surface area contributed by atoms with Gasteiger partial charge in [-0.05, 0) is 24.5 Å². The minimum atomic E-state index is -0.985. The first-order valence-corrected chi connectivity index (χ1v) is 8.34. The second-order valence-electron chi connectivity index (χ2n) is 6.68. The largest absolute Gasteiger partial charge is 0.481 e. The first-order valence-electron chi connectivity index (χ1n) is 8.34. The molecule has 3 atom stereocenters. The molecule has 2 amide bonds. The van der Waals surface area contributed by atoms with Crippen LogP contribution in [-0.2, 0) is 32.1 Å². The lowest BCUT2D eigenvalue weighted by Crippen LogP contribution is -2.47. The Hall–Kier alpha value is -2.64. The van der Waals surface area contributed by atoms with Gasteiger partial charge in [-0.2, -0.15) is 0 Å². The van der Waals surface area contributed by atoms with E-state index in [-0.39, 0.29) is 43.1 Å². The highest BCUT2D eigenvalue weighted by atomic mass is 16.4. The number of carbonyl (C=O) groups excluding carboxylic acids is 3. The van der Waals surface area contributed by atoms with E-state index < -0.39 is 17.8 Å². The highest BCUT2D eigenvalue weighted by Crippen LogP contribution is 2.37. The van der Waals surface area contributed by atoms with Crippen LogP contribution < -0.4 is 10.6 Å². The number of nitrogens with one attached hydrogen (secondary N) is 2. The van der Waals surface area contributed by atoms with Gasteiger partial charge in [0.25, 0.3) is 0 Å². The minimum absolute atomic E-state index is 0.0425. The van der Waals surface area contributed by atoms with Gasteiger partial charge in [0.15, 0.2) is 0 Å². The van der Waals surface area contributed by atoms with Crippen molar-refractivity contribution in [2.75, 3.05) is 6.54 Å². The van der Waals surface area contributed by atoms with Gasteiger partial charge in [-0.15, -0.1) is 0 Å². The number of aromatic nitrogens is 1. The van der Waals surface area contributed by atoms with Crippen LogP contribution in [0.4, 0.5) is 0 Å². The average molecular weight is 347 g/mol. The lowest BCUT2D eigenvalue weighted by atomic mass is 9.79. The lowest BCUT2D eigenvalue weighted by Gasteiger charge is -2.32. The Morgan fingerprint density at radius 1 is 1.36 bits per heavy atom. The Morgan fingerprint density at radius 3 is 2.80 bits per heavy atom. The van der Waals surface area contributed by atoms with E-state index in [4.69, 9.17) is 0 Å². The molecule has 3 N–H and O–H groups in total. The standard InChI is InChI=1S/C17H21N3O5/c1-9(21)18-7-14(23)19-12-3-2-10-4-5-20-8-11(17(24)25)6-13(22)15(12)16(10)20/h4-5,11-12,15H,2-3,6-8H2,1H3,(H,18,21)(H,19,23)(H,24,25)/t11-,12-,15?/m0/s1. The van der Waals surface area contributed by atoms with Crippen LogP contribution in [0.2, 0.25) is 0 Å². The fourth-order valence-corrected chi connectivity index (χ4v) is 3.78. The van der Waals surface area contributed by atoms with Crippen molar-refractivity contribution < 1.29 is 24.3 Å². The van der Waals surface area contributed by atoms with E-state index in [2.05, 4.69) is 10.6 Å². The zero-order valence-electron chi connectivity index (χ0n) is 13.9. The maximum atomic E-state index is 12.8. The molecule has 8 heteroatoms. The van der Waals surface area contributed by atoms with Gasteiger partial charge in [0, 0.05) is 37.8 Å². The molecule has 2 heterocycles. The molecule has 1 aliphatic heterocycles. The number of rotatable bonds is 4. The molecule has 1 aliphatic carbocycles. The van der Waals surface area contributed by atoms with E-state index >= 15 is 0 Å². The van der Waals surface area contributed by atoms with Crippen molar-refractivity contribution >= 4 is 23.6 Å². The molecule has 0 aromatic carbocycles. The fraction of sp³-hybridized carbons (Fsp3) is 0.529. The molecule has 1 aromatic rings. The van der Waals surface area contributed by atoms with Gasteiger partial charge in [0.1, 0.15) is 5.78 Å². The predicted molar refractivity (Wildman–Crippen MR) is 86.9 cm³/mol. The molecular formula is C17H21N3O5. The maximum Gasteiger partial charge on any atom is 0.308 e. The zero-order chi connectivity index (χ0) is 18.1. The van der Waals surface area contributed by atoms with Crippen molar-refractivity contribution in [1.29, 1.82) is 0 Å². The molecule has 25 heavy (non-hydrogen) atoms. The molecule has 0 saturated carbocycles. The van der Waals surface area contributed by atoms with Crippen LogP contribution in [0.3, 0.4) is 0 Å². The summed E-state index contributed by atoms with van der Waals surface area (Å²) in [6, 6.07) is 1.54. The molecule has 2 aliphatic rings. The van der Waals surface area contributed by atoms with E-state index in [9.17, 15) is 24.3 Å². The Balaban J connectivity index is 1.84. The smallest absolute Gasteiger partial charge is 0.308 e. The quantitative estimate of drug-likeness (QED) is 0.698. The Bertz CT molecular complexity index is 739. The van der Waals surface area contributed by atoms with E-state index in [1.165, 1.54) is 6.92 Å². The number of carboxylic acid groups (broad SMARTS) is 1. The third-order valence-electron chi connectivity index (χ3n) is 4.92. The summed E-state index contributed by atoms with van der Waals surface area (Å²) in [5.41, 5.74) is 1.86. The number of hydrogen-bond acceptors (Lipinski definition) is 4. The molecule has 8 nitrogen and oxygen atoms in total. The third kappa shape index (κ3) is 3.42. The van der Waals surface area contributed by atoms with Crippen LogP contribution in [0.25, 0.3) is 0 Å². The highest BCUT2D eigenvalue weighted by molar-refractivity contribution is 5.91. The van der Waals surface area contributed by atoms with Crippen molar-refractivity contribution in [3.05, 3.63) is 23.5 Å². The first kappa shape index (κ1) is 17.2. The molecule has 3 rings (SSSR count). The summed E-state index contributed by atoms with van der Waals surface area (Å²) in [5.74, 6) is -3.09. The van der Waals surface area contributed by atoms with Gasteiger partial charge in [-0.25, -0.2) is 0 Å². The van der Waals surface area contributed by atoms with Gasteiger partial charge in [0.2, 0.25) is 11.8 Å². The van der Waals surface area contributed by atoms with Crippen LogP contribution in [0.15, 0.2) is 12.3 Å². The summed E-state index contributed by atoms with van der Waals surface area (Å²) in [6.07, 6.45) is 3.11. The van der Waals surface area contributed by atoms with E-state index in [0.29, 0.717) is 6.42 Å². The normalized spacial score (nSPS) is 24.8. The van der Waals surface area contributed by atoms with Gasteiger partial charge >= 0.3 is 5.97 Å². The predicted octanol–water partition coefficient (Wildman–Crippen LogP) is -0.188. The fourth-order valence-electron chi connectivity index (χ4n) is 3.78. The first-order chi connectivity index (χ1) is 11.9. The lowest BCUT2D eigenvalue weighted by molar-refractivity contribution is -0.144. The molecule has 1 unspecified atom stereocenters. The number of nitrogens with zero attached hydrogens (tertiary/aromatic N) is 1. The van der Waals surface area contributed by atoms with E-state index in [1.54, 1.807) is 0 Å². The number of amides is 2. The van der Waals surface area contributed by atoms with Crippen LogP contribution in [0.1, 0.15) is 36.9 Å². The molecule has 0 bridgehead atoms. The van der Waals surface area contributed by atoms with Crippen molar-refractivity contribution in [3.8, 4) is 0 Å². The monoisotopic (exact) mass is 347 g/mol. The Kier molecular flexibility index (Phi) is 4.61. The second-order valence-corrected chi connectivity index (χ2v) is 6.68. The van der Waals surface area contributed by atoms with E-state index in [0.717, 1.165) is 17.7 Å². The van der Waals surface area contributed by atoms with Gasteiger partial charge < -0.3 is 20.3 Å². The topological polar surface area (TPSA) is 118 Å². The van der Waals surface area contributed by atoms with Gasteiger partial charge in [0.05, 0.1) is 18.4 Å². The summed E-state index contributed by atoms with van der Waals surface area (Å²) in [4.78, 5) is 47.2. The van der Waals surface area contributed by atoms with Crippen molar-refractivity contribution in [2.45, 2.75) is 44.7 Å². The zero-order valence-corrected chi connectivity index (χ0v) is 13.9. The van der Waals surface area contributed by atoms with Crippen LogP contribution >= 0.6 is 0 Å². The molecule has 0 radical (unpaired) electrons. The summed E-state index contributed by atoms with van der Waals surface area (Å²) >= 11 is 0. The van der Waals surface area contributed by atoms with Crippen LogP contribution in [0, 0.1) is 5.92 Å². The maximum absolute atomic E-state index is 12.8. The molecule has 134 valence electrons. The molecule has 0 saturated heterocycles. The van der Waals surface area contributed by atoms with Crippen LogP contribution in [0.5, 0.6) is 0 Å². The SMILES string of the molecule is CC(=O)NCC(=O)N[C@H]1CCc2ccn3c2C1C(=O)C[C@H](C(=O)O)C3. The molecular weight excluding hydrogens is 326 g/mol. The number of Topliss-reactive ketones (excluding diaryl/α,β-unsaturated/α-hetero) is 1. The number of carbonyl (C=O) groups is 4. The van der Waals surface area contributed by atoms with E-state index in [1.807, 2.05) is 16.8 Å². The molecule has 1 aromatic heterocycles. The number of hydrogen-bond donors (Lipinski definition) is 3. The molecule has 0 fully saturated rings. The Morgan fingerprint density at radius 2 is 2.12 bits per heavy atom. The minimum Gasteiger partial charge on any atom is -0.481 e. The summed E-state index contributed by atoms with van der Waals surface area (Å²) in [6.45, 7) is 1.45. The van der Waals surface area contributed by atoms with Gasteiger partial charge in [-0.1, -0.05) is 0 Å². The summed E-state index contributed by atoms with van der Waals surface area (Å²) < 4.78 is 1.84. The average Bonchev–Trinajstić information content (AvgIpc) is 2.87. The highest BCUT2D eigenvalue weighted by Gasteiger charge is 2.42. The summed E-state index contributed by atoms with van der Waals surface area (Å²) in [5, 5.41) is 14.6. The van der Waals surface area contributed by atoms with Crippen LogP contribution in [-0.4, -0.2) is 45.8 Å². The van der Waals surface area contributed by atoms with Crippen molar-refractivity contribution in [1.82, 2.24) is 15.2 Å².